The van der Waals surface area contributed by atoms with Crippen LogP contribution in [0, 0.1) is 0 Å². The van der Waals surface area contributed by atoms with Crippen LogP contribution in [-0.4, -0.2) is 12.8 Å². The molecule has 1 rings (SSSR count). The van der Waals surface area contributed by atoms with Crippen LogP contribution < -0.4 is 5.73 Å². The fraction of sp³-hybridized carbons (Fsp3) is 0.333. The minimum Gasteiger partial charge on any atom is -0.330 e. The van der Waals surface area contributed by atoms with Crippen molar-refractivity contribution in [3.8, 4) is 0 Å². The summed E-state index contributed by atoms with van der Waals surface area (Å²) in [5.41, 5.74) is 6.75. The van der Waals surface area contributed by atoms with Gasteiger partial charge >= 0.3 is 0 Å². The minimum atomic E-state index is 0.735. The van der Waals surface area contributed by atoms with Gasteiger partial charge in [0.15, 0.2) is 0 Å². The van der Waals surface area contributed by atoms with Crippen LogP contribution in [-0.2, 0) is 6.42 Å². The van der Waals surface area contributed by atoms with Gasteiger partial charge in [-0.25, -0.2) is 0 Å². The molecule has 0 saturated carbocycles. The Kier molecular flexibility index (Phi) is 3.46. The first kappa shape index (κ1) is 8.62. The highest BCUT2D eigenvalue weighted by molar-refractivity contribution is 7.98. The molecule has 1 aromatic rings. The molecular formula is C9H13NS. The van der Waals surface area contributed by atoms with Crippen LogP contribution in [0.3, 0.4) is 0 Å². The molecule has 60 valence electrons. The van der Waals surface area contributed by atoms with Crippen LogP contribution in [0.25, 0.3) is 0 Å². The summed E-state index contributed by atoms with van der Waals surface area (Å²) in [5, 5.41) is 0. The van der Waals surface area contributed by atoms with Gasteiger partial charge in [-0.1, -0.05) is 12.1 Å². The summed E-state index contributed by atoms with van der Waals surface area (Å²) in [7, 11) is 0. The lowest BCUT2D eigenvalue weighted by Gasteiger charge is -1.99. The van der Waals surface area contributed by atoms with Crippen molar-refractivity contribution in [1.82, 2.24) is 0 Å². The van der Waals surface area contributed by atoms with Crippen LogP contribution in [0.2, 0.25) is 0 Å². The molecule has 0 aliphatic heterocycles. The molecule has 0 unspecified atom stereocenters. The third-order valence-electron chi connectivity index (χ3n) is 1.59. The van der Waals surface area contributed by atoms with Crippen molar-refractivity contribution in [2.75, 3.05) is 12.8 Å². The van der Waals surface area contributed by atoms with E-state index in [9.17, 15) is 0 Å². The van der Waals surface area contributed by atoms with Gasteiger partial charge < -0.3 is 5.73 Å². The molecule has 0 amide bonds. The Hall–Kier alpha value is -0.470. The number of rotatable bonds is 3. The molecule has 2 heteroatoms. The van der Waals surface area contributed by atoms with E-state index >= 15 is 0 Å². The van der Waals surface area contributed by atoms with Gasteiger partial charge in [0.05, 0.1) is 0 Å². The predicted molar refractivity (Wildman–Crippen MR) is 51.0 cm³/mol. The topological polar surface area (TPSA) is 26.0 Å². The van der Waals surface area contributed by atoms with Gasteiger partial charge in [-0.3, -0.25) is 0 Å². The summed E-state index contributed by atoms with van der Waals surface area (Å²) in [5.74, 6) is 0. The van der Waals surface area contributed by atoms with E-state index in [4.69, 9.17) is 5.73 Å². The van der Waals surface area contributed by atoms with Crippen molar-refractivity contribution >= 4 is 11.8 Å². The fourth-order valence-electron chi connectivity index (χ4n) is 0.959. The van der Waals surface area contributed by atoms with Crippen molar-refractivity contribution in [2.45, 2.75) is 11.3 Å². The van der Waals surface area contributed by atoms with E-state index in [0.29, 0.717) is 0 Å². The lowest BCUT2D eigenvalue weighted by Crippen LogP contribution is -2.02. The second-order valence-corrected chi connectivity index (χ2v) is 3.27. The Labute approximate surface area is 72.0 Å². The van der Waals surface area contributed by atoms with E-state index in [1.54, 1.807) is 11.8 Å². The lowest BCUT2D eigenvalue weighted by molar-refractivity contribution is 0.966. The number of nitrogens with two attached hydrogens (primary N) is 1. The second kappa shape index (κ2) is 4.42. The normalized spacial score (nSPS) is 10.0. The quantitative estimate of drug-likeness (QED) is 0.696. The number of benzene rings is 1. The van der Waals surface area contributed by atoms with E-state index in [2.05, 4.69) is 30.5 Å². The monoisotopic (exact) mass is 167 g/mol. The zero-order valence-corrected chi connectivity index (χ0v) is 7.53. The van der Waals surface area contributed by atoms with Crippen LogP contribution >= 0.6 is 11.8 Å². The molecule has 11 heavy (non-hydrogen) atoms. The smallest absolute Gasteiger partial charge is 0.00693 e. The van der Waals surface area contributed by atoms with E-state index in [0.717, 1.165) is 13.0 Å². The second-order valence-electron chi connectivity index (χ2n) is 2.39. The van der Waals surface area contributed by atoms with Gasteiger partial charge in [0.1, 0.15) is 0 Å². The third-order valence-corrected chi connectivity index (χ3v) is 2.34. The van der Waals surface area contributed by atoms with Crippen LogP contribution in [0.1, 0.15) is 5.56 Å². The largest absolute Gasteiger partial charge is 0.330 e. The summed E-state index contributed by atoms with van der Waals surface area (Å²) in [6, 6.07) is 8.54. The molecule has 0 fully saturated rings. The Morgan fingerprint density at radius 2 is 1.91 bits per heavy atom. The van der Waals surface area contributed by atoms with Crippen LogP contribution in [0.15, 0.2) is 29.2 Å². The SMILES string of the molecule is CSc1ccc(CCN)cc1. The molecule has 0 aliphatic carbocycles. The summed E-state index contributed by atoms with van der Waals surface area (Å²) < 4.78 is 0. The molecule has 0 aliphatic rings. The molecule has 1 nitrogen and oxygen atoms in total. The molecule has 0 bridgehead atoms. The van der Waals surface area contributed by atoms with Gasteiger partial charge in [0.25, 0.3) is 0 Å². The minimum absolute atomic E-state index is 0.735. The van der Waals surface area contributed by atoms with Crippen molar-refractivity contribution in [3.05, 3.63) is 29.8 Å². The molecular weight excluding hydrogens is 154 g/mol. The van der Waals surface area contributed by atoms with E-state index < -0.39 is 0 Å². The van der Waals surface area contributed by atoms with Crippen molar-refractivity contribution in [3.63, 3.8) is 0 Å². The summed E-state index contributed by atoms with van der Waals surface area (Å²) in [6.45, 7) is 0.735. The zero-order chi connectivity index (χ0) is 8.10. The Balaban J connectivity index is 2.66. The maximum Gasteiger partial charge on any atom is 0.00693 e. The Morgan fingerprint density at radius 3 is 2.36 bits per heavy atom. The number of hydrogen-bond acceptors (Lipinski definition) is 2. The predicted octanol–water partition coefficient (Wildman–Crippen LogP) is 1.91. The highest BCUT2D eigenvalue weighted by Crippen LogP contribution is 2.14. The molecule has 0 spiro atoms. The molecule has 1 aromatic carbocycles. The molecule has 2 N–H and O–H groups in total. The van der Waals surface area contributed by atoms with Crippen molar-refractivity contribution < 1.29 is 0 Å². The van der Waals surface area contributed by atoms with Gasteiger partial charge in [-0.05, 0) is 36.9 Å². The molecule has 0 aromatic heterocycles. The van der Waals surface area contributed by atoms with Crippen molar-refractivity contribution in [2.24, 2.45) is 5.73 Å². The molecule has 0 saturated heterocycles. The Bertz CT molecular complexity index is 205. The fourth-order valence-corrected chi connectivity index (χ4v) is 1.37. The van der Waals surface area contributed by atoms with Gasteiger partial charge in [0.2, 0.25) is 0 Å². The third kappa shape index (κ3) is 2.56. The Morgan fingerprint density at radius 1 is 1.27 bits per heavy atom. The maximum atomic E-state index is 5.43. The van der Waals surface area contributed by atoms with E-state index in [-0.39, 0.29) is 0 Å². The summed E-state index contributed by atoms with van der Waals surface area (Å²) in [6.07, 6.45) is 3.06. The summed E-state index contributed by atoms with van der Waals surface area (Å²) in [4.78, 5) is 1.31. The molecule has 0 atom stereocenters. The van der Waals surface area contributed by atoms with Gasteiger partial charge in [0, 0.05) is 4.90 Å². The highest BCUT2D eigenvalue weighted by Gasteiger charge is 1.91. The first-order valence-electron chi connectivity index (χ1n) is 3.70. The first-order valence-corrected chi connectivity index (χ1v) is 4.92. The average molecular weight is 167 g/mol. The standard InChI is InChI=1S/C9H13NS/c1-11-9-4-2-8(3-5-9)6-7-10/h2-5H,6-7,10H2,1H3. The van der Waals surface area contributed by atoms with E-state index in [1.807, 2.05) is 0 Å². The zero-order valence-electron chi connectivity index (χ0n) is 6.71. The van der Waals surface area contributed by atoms with Crippen molar-refractivity contribution in [1.29, 1.82) is 0 Å². The average Bonchev–Trinajstić information content (AvgIpc) is 2.07. The van der Waals surface area contributed by atoms with E-state index in [1.165, 1.54) is 10.5 Å². The molecule has 0 radical (unpaired) electrons. The van der Waals surface area contributed by atoms with Crippen LogP contribution in [0.5, 0.6) is 0 Å². The first-order chi connectivity index (χ1) is 5.36. The number of thioether (sulfide) groups is 1. The maximum absolute atomic E-state index is 5.43. The lowest BCUT2D eigenvalue weighted by atomic mass is 10.2. The van der Waals surface area contributed by atoms with Gasteiger partial charge in [-0.2, -0.15) is 0 Å². The summed E-state index contributed by atoms with van der Waals surface area (Å²) >= 11 is 1.76. The highest BCUT2D eigenvalue weighted by atomic mass is 32.2. The number of hydrogen-bond donors (Lipinski definition) is 1. The van der Waals surface area contributed by atoms with Gasteiger partial charge in [-0.15, -0.1) is 11.8 Å². The van der Waals surface area contributed by atoms with Crippen LogP contribution in [0.4, 0.5) is 0 Å². The molecule has 0 heterocycles.